The molecule has 1 N–H and O–H groups in total. The normalized spacial score (nSPS) is 31.7. The molecule has 6 nitrogen and oxygen atoms in total. The van der Waals surface area contributed by atoms with Gasteiger partial charge in [0.15, 0.2) is 0 Å². The number of rotatable bonds is 4. The lowest BCUT2D eigenvalue weighted by molar-refractivity contribution is 0.0728. The fraction of sp³-hybridized carbons (Fsp3) is 0.667. The highest BCUT2D eigenvalue weighted by Crippen LogP contribution is 2.62. The minimum Gasteiger partial charge on any atom is -0.379 e. The van der Waals surface area contributed by atoms with E-state index >= 15 is 0 Å². The van der Waals surface area contributed by atoms with Crippen molar-refractivity contribution < 1.29 is 17.9 Å². The van der Waals surface area contributed by atoms with Gasteiger partial charge in [-0.3, -0.25) is 4.79 Å². The van der Waals surface area contributed by atoms with Crippen molar-refractivity contribution >= 4 is 31.9 Å². The summed E-state index contributed by atoms with van der Waals surface area (Å²) in [5, 5.41) is 3.25. The Labute approximate surface area is 181 Å². The summed E-state index contributed by atoms with van der Waals surface area (Å²) >= 11 is 3.35. The standard InChI is InChI=1S/C21H29BrN2O4S/c1-20(2)15-6-7-21(3,13-15)19(20)23-18(25)14-4-5-16(22)17(12-14)29(26,27)24-8-10-28-11-9-24/h4-5,12,15,19H,6-11,13H2,1-3H3,(H,23,25)/t15-,19?,21-/m1/s1. The smallest absolute Gasteiger partial charge is 0.251 e. The van der Waals surface area contributed by atoms with Gasteiger partial charge in [-0.1, -0.05) is 20.8 Å². The molecule has 3 fully saturated rings. The van der Waals surface area contributed by atoms with Crippen LogP contribution in [0.25, 0.3) is 0 Å². The van der Waals surface area contributed by atoms with Gasteiger partial charge < -0.3 is 10.1 Å². The van der Waals surface area contributed by atoms with Crippen LogP contribution in [0.1, 0.15) is 50.4 Å². The molecule has 1 aliphatic heterocycles. The highest BCUT2D eigenvalue weighted by atomic mass is 79.9. The average molecular weight is 485 g/mol. The Bertz CT molecular complexity index is 922. The first kappa shape index (κ1) is 21.3. The first-order chi connectivity index (χ1) is 13.6. The highest BCUT2D eigenvalue weighted by molar-refractivity contribution is 9.10. The van der Waals surface area contributed by atoms with Crippen LogP contribution in [0.3, 0.4) is 0 Å². The quantitative estimate of drug-likeness (QED) is 0.710. The predicted molar refractivity (Wildman–Crippen MR) is 114 cm³/mol. The van der Waals surface area contributed by atoms with Crippen LogP contribution in [0.5, 0.6) is 0 Å². The zero-order chi connectivity index (χ0) is 21.0. The molecule has 8 heteroatoms. The van der Waals surface area contributed by atoms with Gasteiger partial charge in [-0.05, 0) is 70.1 Å². The molecular formula is C21H29BrN2O4S. The average Bonchev–Trinajstić information content (AvgIpc) is 3.17. The maximum absolute atomic E-state index is 13.1. The van der Waals surface area contributed by atoms with E-state index in [1.165, 1.54) is 16.8 Å². The lowest BCUT2D eigenvalue weighted by Crippen LogP contribution is -2.52. The fourth-order valence-electron chi connectivity index (χ4n) is 5.65. The van der Waals surface area contributed by atoms with Crippen molar-refractivity contribution in [3.8, 4) is 0 Å². The second-order valence-corrected chi connectivity index (χ2v) is 12.2. The molecule has 2 aliphatic carbocycles. The van der Waals surface area contributed by atoms with Gasteiger partial charge in [-0.2, -0.15) is 4.31 Å². The lowest BCUT2D eigenvalue weighted by atomic mass is 9.68. The number of nitrogens with zero attached hydrogens (tertiary/aromatic N) is 1. The summed E-state index contributed by atoms with van der Waals surface area (Å²) in [5.74, 6) is 0.419. The number of nitrogens with one attached hydrogen (secondary N) is 1. The van der Waals surface area contributed by atoms with E-state index in [0.717, 1.165) is 12.8 Å². The van der Waals surface area contributed by atoms with Crippen LogP contribution in [0.2, 0.25) is 0 Å². The molecule has 3 aliphatic rings. The highest BCUT2D eigenvalue weighted by Gasteiger charge is 2.59. The van der Waals surface area contributed by atoms with E-state index in [1.807, 2.05) is 0 Å². The van der Waals surface area contributed by atoms with Gasteiger partial charge >= 0.3 is 0 Å². The lowest BCUT2D eigenvalue weighted by Gasteiger charge is -2.43. The van der Waals surface area contributed by atoms with Gasteiger partial charge in [0.05, 0.1) is 18.1 Å². The molecule has 2 bridgehead atoms. The number of ether oxygens (including phenoxy) is 1. The van der Waals surface area contributed by atoms with Crippen molar-refractivity contribution in [3.63, 3.8) is 0 Å². The van der Waals surface area contributed by atoms with Crippen LogP contribution in [0, 0.1) is 16.7 Å². The molecule has 0 spiro atoms. The predicted octanol–water partition coefficient (Wildman–Crippen LogP) is 3.41. The van der Waals surface area contributed by atoms with Crippen LogP contribution < -0.4 is 5.32 Å². The van der Waals surface area contributed by atoms with Crippen molar-refractivity contribution in [2.45, 2.75) is 51.0 Å². The zero-order valence-corrected chi connectivity index (χ0v) is 19.6. The van der Waals surface area contributed by atoms with E-state index in [2.05, 4.69) is 42.0 Å². The Kier molecular flexibility index (Phi) is 5.37. The molecule has 1 aromatic rings. The number of hydrogen-bond donors (Lipinski definition) is 1. The molecule has 0 aromatic heterocycles. The Balaban J connectivity index is 1.60. The van der Waals surface area contributed by atoms with Crippen molar-refractivity contribution in [1.29, 1.82) is 0 Å². The SMILES string of the molecule is CC1(C)C(NC(=O)c2ccc(Br)c(S(=O)(=O)N3CCOCC3)c2)[C@]2(C)CC[C@@H]1C2. The van der Waals surface area contributed by atoms with Gasteiger partial charge in [0.1, 0.15) is 0 Å². The fourth-order valence-corrected chi connectivity index (χ4v) is 8.00. The van der Waals surface area contributed by atoms with Crippen molar-refractivity contribution in [2.75, 3.05) is 26.3 Å². The number of benzene rings is 1. The van der Waals surface area contributed by atoms with Crippen molar-refractivity contribution in [1.82, 2.24) is 9.62 Å². The van der Waals surface area contributed by atoms with Gasteiger partial charge in [0.25, 0.3) is 5.91 Å². The van der Waals surface area contributed by atoms with Crippen molar-refractivity contribution in [2.24, 2.45) is 16.7 Å². The number of sulfonamides is 1. The van der Waals surface area contributed by atoms with E-state index in [1.54, 1.807) is 12.1 Å². The van der Waals surface area contributed by atoms with Crippen LogP contribution in [0.4, 0.5) is 0 Å². The Hall–Kier alpha value is -0.960. The molecule has 160 valence electrons. The summed E-state index contributed by atoms with van der Waals surface area (Å²) in [7, 11) is -3.69. The Morgan fingerprint density at radius 3 is 2.55 bits per heavy atom. The molecule has 1 unspecified atom stereocenters. The Morgan fingerprint density at radius 1 is 1.24 bits per heavy atom. The summed E-state index contributed by atoms with van der Waals surface area (Å²) in [4.78, 5) is 13.2. The van der Waals surface area contributed by atoms with Gasteiger partial charge in [0, 0.05) is 29.2 Å². The Morgan fingerprint density at radius 2 is 1.93 bits per heavy atom. The zero-order valence-electron chi connectivity index (χ0n) is 17.2. The van der Waals surface area contributed by atoms with Crippen LogP contribution in [-0.2, 0) is 14.8 Å². The second-order valence-electron chi connectivity index (χ2n) is 9.48. The monoisotopic (exact) mass is 484 g/mol. The topological polar surface area (TPSA) is 75.7 Å². The number of fused-ring (bicyclic) bond motifs is 2. The number of halogens is 1. The molecule has 1 aromatic carbocycles. The maximum atomic E-state index is 13.1. The van der Waals surface area contributed by atoms with Crippen LogP contribution >= 0.6 is 15.9 Å². The molecule has 1 saturated heterocycles. The first-order valence-corrected chi connectivity index (χ1v) is 12.5. The van der Waals surface area contributed by atoms with E-state index in [-0.39, 0.29) is 27.7 Å². The van der Waals surface area contributed by atoms with Crippen molar-refractivity contribution in [3.05, 3.63) is 28.2 Å². The molecule has 29 heavy (non-hydrogen) atoms. The van der Waals surface area contributed by atoms with Crippen LogP contribution in [0.15, 0.2) is 27.6 Å². The third-order valence-electron chi connectivity index (χ3n) is 7.33. The number of carbonyl (C=O) groups is 1. The number of amides is 1. The molecule has 0 radical (unpaired) electrons. The van der Waals surface area contributed by atoms with E-state index in [4.69, 9.17) is 4.74 Å². The summed E-state index contributed by atoms with van der Waals surface area (Å²) in [6.07, 6.45) is 3.49. The van der Waals surface area contributed by atoms with Gasteiger partial charge in [0.2, 0.25) is 10.0 Å². The third kappa shape index (κ3) is 3.56. The largest absolute Gasteiger partial charge is 0.379 e. The van der Waals surface area contributed by atoms with Gasteiger partial charge in [-0.15, -0.1) is 0 Å². The third-order valence-corrected chi connectivity index (χ3v) is 10.2. The summed E-state index contributed by atoms with van der Waals surface area (Å²) in [6.45, 7) is 8.15. The van der Waals surface area contributed by atoms with Crippen LogP contribution in [-0.4, -0.2) is 51.0 Å². The minimum absolute atomic E-state index is 0.0424. The maximum Gasteiger partial charge on any atom is 0.251 e. The number of carbonyl (C=O) groups excluding carboxylic acids is 1. The minimum atomic E-state index is -3.69. The molecular weight excluding hydrogens is 456 g/mol. The summed E-state index contributed by atoms with van der Waals surface area (Å²) in [5.41, 5.74) is 0.532. The molecule has 1 amide bonds. The molecule has 1 heterocycles. The summed E-state index contributed by atoms with van der Waals surface area (Å²) < 4.78 is 33.3. The molecule has 2 saturated carbocycles. The summed E-state index contributed by atoms with van der Waals surface area (Å²) in [6, 6.07) is 4.91. The number of hydrogen-bond acceptors (Lipinski definition) is 4. The van der Waals surface area contributed by atoms with E-state index < -0.39 is 10.0 Å². The first-order valence-electron chi connectivity index (χ1n) is 10.2. The van der Waals surface area contributed by atoms with E-state index in [9.17, 15) is 13.2 Å². The molecule has 4 rings (SSSR count). The van der Waals surface area contributed by atoms with Gasteiger partial charge in [-0.25, -0.2) is 8.42 Å². The number of morpholine rings is 1. The van der Waals surface area contributed by atoms with E-state index in [0.29, 0.717) is 42.3 Å². The second kappa shape index (κ2) is 7.32. The molecule has 3 atom stereocenters.